The highest BCUT2D eigenvalue weighted by Crippen LogP contribution is 2.65. The molecule has 34 heavy (non-hydrogen) atoms. The van der Waals surface area contributed by atoms with Gasteiger partial charge in [-0.2, -0.15) is 0 Å². The first kappa shape index (κ1) is 24.9. The maximum Gasteiger partial charge on any atom is 0.325 e. The molecule has 12 heteroatoms. The van der Waals surface area contributed by atoms with E-state index in [1.54, 1.807) is 30.5 Å². The van der Waals surface area contributed by atoms with Crippen molar-refractivity contribution in [3.63, 3.8) is 0 Å². The smallest absolute Gasteiger partial charge is 0.325 e. The summed E-state index contributed by atoms with van der Waals surface area (Å²) in [6, 6.07) is 9.42. The number of nitrogens with one attached hydrogen (secondary N) is 3. The Hall–Kier alpha value is -2.16. The molecule has 3 N–H and O–H groups in total. The van der Waals surface area contributed by atoms with E-state index in [9.17, 15) is 14.4 Å². The van der Waals surface area contributed by atoms with Crippen molar-refractivity contribution in [2.24, 2.45) is 5.92 Å². The van der Waals surface area contributed by atoms with Crippen LogP contribution in [0.25, 0.3) is 0 Å². The molecular formula is C22H17Cl5N4O3. The summed E-state index contributed by atoms with van der Waals surface area (Å²) in [7, 11) is 0. The normalized spacial score (nSPS) is 18.4. The zero-order valence-corrected chi connectivity index (χ0v) is 21.0. The lowest BCUT2D eigenvalue weighted by atomic mass is 10.1. The topological polar surface area (TPSA) is 96.0 Å². The first-order valence-electron chi connectivity index (χ1n) is 10.0. The third-order valence-corrected chi connectivity index (χ3v) is 7.13. The predicted octanol–water partition coefficient (Wildman–Crippen LogP) is 5.09. The summed E-state index contributed by atoms with van der Waals surface area (Å²) >= 11 is 31.1. The molecule has 0 saturated heterocycles. The van der Waals surface area contributed by atoms with Crippen molar-refractivity contribution in [1.29, 1.82) is 0 Å². The van der Waals surface area contributed by atoms with Gasteiger partial charge in [0.15, 0.2) is 0 Å². The van der Waals surface area contributed by atoms with E-state index in [0.29, 0.717) is 21.3 Å². The van der Waals surface area contributed by atoms with E-state index in [0.717, 1.165) is 0 Å². The number of aromatic nitrogens is 2. The lowest BCUT2D eigenvalue weighted by Gasteiger charge is -2.10. The highest BCUT2D eigenvalue weighted by Gasteiger charge is 2.67. The summed E-state index contributed by atoms with van der Waals surface area (Å²) in [6.45, 7) is 0.489. The zero-order chi connectivity index (χ0) is 24.6. The van der Waals surface area contributed by atoms with Gasteiger partial charge >= 0.3 is 5.69 Å². The number of halogens is 5. The van der Waals surface area contributed by atoms with Gasteiger partial charge in [0, 0.05) is 47.1 Å². The average Bonchev–Trinajstić information content (AvgIpc) is 3.11. The molecule has 0 radical (unpaired) electrons. The summed E-state index contributed by atoms with van der Waals surface area (Å²) < 4.78 is 0.0866. The number of anilines is 1. The Morgan fingerprint density at radius 1 is 1.06 bits per heavy atom. The van der Waals surface area contributed by atoms with Crippen LogP contribution in [-0.2, 0) is 11.3 Å². The molecule has 1 aromatic heterocycles. The monoisotopic (exact) mass is 560 g/mol. The minimum atomic E-state index is -1.33. The van der Waals surface area contributed by atoms with Gasteiger partial charge in [0.1, 0.15) is 4.33 Å². The van der Waals surface area contributed by atoms with E-state index in [-0.39, 0.29) is 29.4 Å². The Labute approximate surface area is 219 Å². The van der Waals surface area contributed by atoms with Gasteiger partial charge in [-0.05, 0) is 42.0 Å². The minimum absolute atomic E-state index is 0.165. The third-order valence-electron chi connectivity index (χ3n) is 5.42. The van der Waals surface area contributed by atoms with Gasteiger partial charge in [0.25, 0.3) is 5.91 Å². The number of imidazole rings is 1. The number of hydrogen-bond donors (Lipinski definition) is 3. The Morgan fingerprint density at radius 3 is 2.41 bits per heavy atom. The largest absolute Gasteiger partial charge is 0.350 e. The van der Waals surface area contributed by atoms with Crippen LogP contribution in [0.5, 0.6) is 0 Å². The number of amides is 2. The maximum absolute atomic E-state index is 12.9. The fraction of sp³-hybridized carbons (Fsp3) is 0.227. The van der Waals surface area contributed by atoms with Crippen LogP contribution in [-0.4, -0.2) is 32.2 Å². The number of benzene rings is 2. The lowest BCUT2D eigenvalue weighted by molar-refractivity contribution is -0.117. The highest BCUT2D eigenvalue weighted by atomic mass is 35.5. The SMILES string of the molecule is O=C(NCCn1cc[nH]c1=O)c1cc(NC(=O)C2C(c3cc(Cl)cc(Cl)c3)C2(Cl)Cl)ccc1Cl. The Morgan fingerprint density at radius 2 is 1.76 bits per heavy atom. The van der Waals surface area contributed by atoms with Gasteiger partial charge < -0.3 is 15.6 Å². The fourth-order valence-corrected chi connectivity index (χ4v) is 5.30. The van der Waals surface area contributed by atoms with Crippen molar-refractivity contribution >= 4 is 75.5 Å². The third kappa shape index (κ3) is 5.24. The first-order valence-corrected chi connectivity index (χ1v) is 11.9. The molecule has 1 heterocycles. The van der Waals surface area contributed by atoms with E-state index in [2.05, 4.69) is 15.6 Å². The molecule has 178 valence electrons. The first-order chi connectivity index (χ1) is 16.1. The number of alkyl halides is 2. The molecule has 1 saturated carbocycles. The van der Waals surface area contributed by atoms with Crippen molar-refractivity contribution in [3.05, 3.63) is 85.5 Å². The lowest BCUT2D eigenvalue weighted by Crippen LogP contribution is -2.30. The predicted molar refractivity (Wildman–Crippen MR) is 135 cm³/mol. The van der Waals surface area contributed by atoms with Crippen LogP contribution in [0.4, 0.5) is 5.69 Å². The number of rotatable bonds is 7. The van der Waals surface area contributed by atoms with Crippen LogP contribution in [0.15, 0.2) is 53.6 Å². The van der Waals surface area contributed by atoms with Gasteiger partial charge in [-0.3, -0.25) is 14.2 Å². The van der Waals surface area contributed by atoms with Gasteiger partial charge in [0.2, 0.25) is 5.91 Å². The molecular weight excluding hydrogens is 546 g/mol. The van der Waals surface area contributed by atoms with Gasteiger partial charge in [-0.15, -0.1) is 23.2 Å². The van der Waals surface area contributed by atoms with Crippen molar-refractivity contribution < 1.29 is 9.59 Å². The molecule has 2 amide bonds. The number of carbonyl (C=O) groups is 2. The summed E-state index contributed by atoms with van der Waals surface area (Å²) in [4.78, 5) is 39.6. The molecule has 0 aliphatic heterocycles. The highest BCUT2D eigenvalue weighted by molar-refractivity contribution is 6.53. The van der Waals surface area contributed by atoms with Crippen LogP contribution >= 0.6 is 58.0 Å². The molecule has 1 fully saturated rings. The number of nitrogens with zero attached hydrogens (tertiary/aromatic N) is 1. The summed E-state index contributed by atoms with van der Waals surface area (Å²) in [5.74, 6) is -2.13. The number of hydrogen-bond acceptors (Lipinski definition) is 3. The Kier molecular flexibility index (Phi) is 7.22. The van der Waals surface area contributed by atoms with Crippen molar-refractivity contribution in [1.82, 2.24) is 14.9 Å². The second-order valence-electron chi connectivity index (χ2n) is 7.73. The fourth-order valence-electron chi connectivity index (χ4n) is 3.73. The summed E-state index contributed by atoms with van der Waals surface area (Å²) in [5.41, 5.74) is 0.892. The number of carbonyl (C=O) groups excluding carboxylic acids is 2. The van der Waals surface area contributed by atoms with E-state index in [1.807, 2.05) is 0 Å². The molecule has 3 aromatic rings. The van der Waals surface area contributed by atoms with Crippen molar-refractivity contribution in [3.8, 4) is 0 Å². The number of H-pyrrole nitrogens is 1. The van der Waals surface area contributed by atoms with Gasteiger partial charge in [-0.25, -0.2) is 4.79 Å². The average molecular weight is 563 g/mol. The Balaban J connectivity index is 1.43. The Bertz CT molecular complexity index is 1300. The second kappa shape index (κ2) is 9.84. The molecule has 1 aliphatic rings. The number of aromatic amines is 1. The van der Waals surface area contributed by atoms with Crippen LogP contribution in [0.1, 0.15) is 21.8 Å². The van der Waals surface area contributed by atoms with Gasteiger partial charge in [-0.1, -0.05) is 34.8 Å². The molecule has 2 atom stereocenters. The molecule has 2 unspecified atom stereocenters. The van der Waals surface area contributed by atoms with Crippen LogP contribution in [0, 0.1) is 5.92 Å². The second-order valence-corrected chi connectivity index (χ2v) is 10.5. The summed E-state index contributed by atoms with van der Waals surface area (Å²) in [6.07, 6.45) is 3.09. The molecule has 0 spiro atoms. The van der Waals surface area contributed by atoms with E-state index in [4.69, 9.17) is 58.0 Å². The van der Waals surface area contributed by atoms with E-state index >= 15 is 0 Å². The minimum Gasteiger partial charge on any atom is -0.350 e. The quantitative estimate of drug-likeness (QED) is 0.350. The standard InChI is InChI=1S/C22H17Cl5N4O3/c23-12-7-11(8-13(24)9-12)17-18(22(17,26)27)20(33)30-14-1-2-16(25)15(10-14)19(32)28-3-5-31-6-4-29-21(31)34/h1-2,4,6-10,17-18H,3,5H2,(H,28,32)(H,29,34)(H,30,33). The van der Waals surface area contributed by atoms with Crippen LogP contribution in [0.2, 0.25) is 15.1 Å². The van der Waals surface area contributed by atoms with E-state index < -0.39 is 28.0 Å². The van der Waals surface area contributed by atoms with Crippen molar-refractivity contribution in [2.45, 2.75) is 16.8 Å². The summed E-state index contributed by atoms with van der Waals surface area (Å²) in [5, 5.41) is 6.46. The zero-order valence-electron chi connectivity index (χ0n) is 17.2. The molecule has 1 aliphatic carbocycles. The molecule has 7 nitrogen and oxygen atoms in total. The van der Waals surface area contributed by atoms with Crippen LogP contribution < -0.4 is 16.3 Å². The molecule has 2 aromatic carbocycles. The van der Waals surface area contributed by atoms with Crippen molar-refractivity contribution in [2.75, 3.05) is 11.9 Å². The van der Waals surface area contributed by atoms with Crippen LogP contribution in [0.3, 0.4) is 0 Å². The van der Waals surface area contributed by atoms with Gasteiger partial charge in [0.05, 0.1) is 16.5 Å². The molecule has 0 bridgehead atoms. The van der Waals surface area contributed by atoms with E-state index in [1.165, 1.54) is 22.9 Å². The maximum atomic E-state index is 12.9. The molecule has 4 rings (SSSR count).